The average molecular weight is 282 g/mol. The van der Waals surface area contributed by atoms with Crippen LogP contribution in [0.2, 0.25) is 0 Å². The van der Waals surface area contributed by atoms with Crippen molar-refractivity contribution >= 4 is 16.7 Å². The van der Waals surface area contributed by atoms with Crippen LogP contribution in [-0.2, 0) is 20.0 Å². The Labute approximate surface area is 122 Å². The quantitative estimate of drug-likeness (QED) is 0.740. The van der Waals surface area contributed by atoms with E-state index in [1.807, 2.05) is 24.9 Å². The first-order chi connectivity index (χ1) is 10.1. The van der Waals surface area contributed by atoms with Gasteiger partial charge in [-0.05, 0) is 19.9 Å². The Morgan fingerprint density at radius 1 is 1.29 bits per heavy atom. The van der Waals surface area contributed by atoms with Crippen molar-refractivity contribution in [3.63, 3.8) is 0 Å². The maximum Gasteiger partial charge on any atom is 0.159 e. The molecule has 108 valence electrons. The third-order valence-corrected chi connectivity index (χ3v) is 4.29. The van der Waals surface area contributed by atoms with Crippen LogP contribution in [-0.4, -0.2) is 31.5 Å². The molecule has 4 heterocycles. The molecule has 4 rings (SSSR count). The minimum Gasteiger partial charge on any atom is -0.366 e. The second kappa shape index (κ2) is 4.31. The second-order valence-electron chi connectivity index (χ2n) is 5.73. The van der Waals surface area contributed by atoms with Crippen LogP contribution in [0.25, 0.3) is 11.0 Å². The third kappa shape index (κ3) is 1.82. The van der Waals surface area contributed by atoms with Gasteiger partial charge in [0, 0.05) is 43.5 Å². The number of nitrogens with zero attached hydrogens (tertiary/aromatic N) is 5. The van der Waals surface area contributed by atoms with E-state index in [4.69, 9.17) is 0 Å². The van der Waals surface area contributed by atoms with Crippen LogP contribution in [0.1, 0.15) is 22.6 Å². The molecule has 0 radical (unpaired) electrons. The number of rotatable bonds is 1. The molecule has 1 aliphatic heterocycles. The number of anilines is 1. The number of aromatic nitrogens is 5. The number of fused-ring (bicyclic) bond motifs is 2. The molecule has 0 unspecified atom stereocenters. The molecular weight excluding hydrogens is 264 g/mol. The van der Waals surface area contributed by atoms with E-state index in [9.17, 15) is 0 Å². The number of pyridine rings is 1. The first-order valence-corrected chi connectivity index (χ1v) is 7.20. The predicted octanol–water partition coefficient (Wildman–Crippen LogP) is 1.87. The predicted molar refractivity (Wildman–Crippen MR) is 81.3 cm³/mol. The van der Waals surface area contributed by atoms with Gasteiger partial charge in [0.25, 0.3) is 0 Å². The molecule has 1 N–H and O–H groups in total. The summed E-state index contributed by atoms with van der Waals surface area (Å²) in [6.45, 7) is 5.98. The summed E-state index contributed by atoms with van der Waals surface area (Å²) >= 11 is 0. The Morgan fingerprint density at radius 2 is 2.14 bits per heavy atom. The van der Waals surface area contributed by atoms with Crippen molar-refractivity contribution in [1.82, 2.24) is 25.0 Å². The van der Waals surface area contributed by atoms with E-state index in [1.54, 1.807) is 0 Å². The molecule has 0 aliphatic carbocycles. The van der Waals surface area contributed by atoms with Crippen molar-refractivity contribution in [3.8, 4) is 0 Å². The lowest BCUT2D eigenvalue weighted by atomic mass is 10.0. The van der Waals surface area contributed by atoms with Gasteiger partial charge in [0.2, 0.25) is 0 Å². The van der Waals surface area contributed by atoms with Crippen molar-refractivity contribution < 1.29 is 0 Å². The van der Waals surface area contributed by atoms with Gasteiger partial charge in [0.05, 0.1) is 23.0 Å². The lowest BCUT2D eigenvalue weighted by Crippen LogP contribution is -2.30. The molecule has 1 aliphatic rings. The smallest absolute Gasteiger partial charge is 0.159 e. The first-order valence-electron chi connectivity index (χ1n) is 7.20. The third-order valence-electron chi connectivity index (χ3n) is 4.29. The van der Waals surface area contributed by atoms with Crippen molar-refractivity contribution in [1.29, 1.82) is 0 Å². The first kappa shape index (κ1) is 12.4. The van der Waals surface area contributed by atoms with E-state index in [0.29, 0.717) is 0 Å². The van der Waals surface area contributed by atoms with Crippen LogP contribution < -0.4 is 4.90 Å². The number of nitrogens with one attached hydrogen (secondary N) is 1. The van der Waals surface area contributed by atoms with Gasteiger partial charge in [-0.25, -0.2) is 4.98 Å². The molecule has 0 fully saturated rings. The number of aryl methyl sites for hydroxylation is 3. The monoisotopic (exact) mass is 282 g/mol. The summed E-state index contributed by atoms with van der Waals surface area (Å²) in [5.41, 5.74) is 6.89. The summed E-state index contributed by atoms with van der Waals surface area (Å²) < 4.78 is 1.84. The minimum atomic E-state index is 0.894. The summed E-state index contributed by atoms with van der Waals surface area (Å²) in [7, 11) is 1.94. The molecule has 0 atom stereocenters. The van der Waals surface area contributed by atoms with E-state index in [0.717, 1.165) is 41.9 Å². The highest BCUT2D eigenvalue weighted by Gasteiger charge is 2.22. The van der Waals surface area contributed by atoms with Crippen LogP contribution in [0.5, 0.6) is 0 Å². The van der Waals surface area contributed by atoms with Gasteiger partial charge >= 0.3 is 0 Å². The fourth-order valence-corrected chi connectivity index (χ4v) is 3.12. The van der Waals surface area contributed by atoms with Crippen LogP contribution in [0.3, 0.4) is 0 Å². The summed E-state index contributed by atoms with van der Waals surface area (Å²) in [6.07, 6.45) is 2.91. The fraction of sp³-hybridized carbons (Fsp3) is 0.400. The molecule has 0 bridgehead atoms. The molecule has 0 aromatic carbocycles. The fourth-order valence-electron chi connectivity index (χ4n) is 3.12. The molecule has 3 aromatic heterocycles. The van der Waals surface area contributed by atoms with Crippen LogP contribution in [0, 0.1) is 13.8 Å². The van der Waals surface area contributed by atoms with Gasteiger partial charge < -0.3 is 4.90 Å². The molecule has 6 heteroatoms. The maximum atomic E-state index is 4.60. The van der Waals surface area contributed by atoms with Crippen molar-refractivity contribution in [2.75, 3.05) is 11.4 Å². The Balaban J connectivity index is 1.83. The molecule has 6 nitrogen and oxygen atoms in total. The number of hydrogen-bond donors (Lipinski definition) is 1. The number of hydrogen-bond acceptors (Lipinski definition) is 4. The van der Waals surface area contributed by atoms with Crippen molar-refractivity contribution in [3.05, 3.63) is 34.9 Å². The van der Waals surface area contributed by atoms with Gasteiger partial charge in [-0.15, -0.1) is 0 Å². The molecule has 0 saturated heterocycles. The van der Waals surface area contributed by atoms with Crippen molar-refractivity contribution in [2.45, 2.75) is 26.8 Å². The Hall–Kier alpha value is -2.37. The summed E-state index contributed by atoms with van der Waals surface area (Å²) in [4.78, 5) is 7.00. The summed E-state index contributed by atoms with van der Waals surface area (Å²) in [6, 6.07) is 2.16. The molecule has 0 saturated carbocycles. The van der Waals surface area contributed by atoms with E-state index in [1.165, 1.54) is 16.9 Å². The van der Waals surface area contributed by atoms with Crippen LogP contribution >= 0.6 is 0 Å². The second-order valence-corrected chi connectivity index (χ2v) is 5.73. The standard InChI is InChI=1S/C15H18N6/c1-9-6-14(11-7-16-20(3)15(11)17-9)21-5-4-13-12(8-21)10(2)18-19-13/h6-7H,4-5,8H2,1-3H3,(H,18,19). The molecule has 21 heavy (non-hydrogen) atoms. The Bertz CT molecular complexity index is 828. The molecular formula is C15H18N6. The van der Waals surface area contributed by atoms with Gasteiger partial charge in [-0.1, -0.05) is 0 Å². The van der Waals surface area contributed by atoms with Crippen molar-refractivity contribution in [2.24, 2.45) is 7.05 Å². The van der Waals surface area contributed by atoms with E-state index in [2.05, 4.69) is 38.2 Å². The van der Waals surface area contributed by atoms with Gasteiger partial charge in [0.1, 0.15) is 0 Å². The highest BCUT2D eigenvalue weighted by Crippen LogP contribution is 2.31. The highest BCUT2D eigenvalue weighted by molar-refractivity contribution is 5.89. The van der Waals surface area contributed by atoms with Gasteiger partial charge in [-0.3, -0.25) is 9.78 Å². The van der Waals surface area contributed by atoms with Gasteiger partial charge in [0.15, 0.2) is 5.65 Å². The SMILES string of the molecule is Cc1cc(N2CCc3[nH]nc(C)c3C2)c2cnn(C)c2n1. The maximum absolute atomic E-state index is 4.60. The van der Waals surface area contributed by atoms with Crippen LogP contribution in [0.15, 0.2) is 12.3 Å². The lowest BCUT2D eigenvalue weighted by molar-refractivity contribution is 0.720. The molecule has 0 amide bonds. The normalized spacial score (nSPS) is 14.7. The minimum absolute atomic E-state index is 0.894. The zero-order valence-electron chi connectivity index (χ0n) is 12.5. The zero-order chi connectivity index (χ0) is 14.6. The number of H-pyrrole nitrogens is 1. The highest BCUT2D eigenvalue weighted by atomic mass is 15.3. The van der Waals surface area contributed by atoms with Crippen LogP contribution in [0.4, 0.5) is 5.69 Å². The topological polar surface area (TPSA) is 62.6 Å². The van der Waals surface area contributed by atoms with E-state index >= 15 is 0 Å². The van der Waals surface area contributed by atoms with E-state index in [-0.39, 0.29) is 0 Å². The molecule has 3 aromatic rings. The lowest BCUT2D eigenvalue weighted by Gasteiger charge is -2.29. The number of aromatic amines is 1. The molecule has 0 spiro atoms. The largest absolute Gasteiger partial charge is 0.366 e. The zero-order valence-corrected chi connectivity index (χ0v) is 12.5. The average Bonchev–Trinajstić information content (AvgIpc) is 3.03. The Morgan fingerprint density at radius 3 is 3.00 bits per heavy atom. The Kier molecular flexibility index (Phi) is 2.54. The summed E-state index contributed by atoms with van der Waals surface area (Å²) in [5, 5.41) is 12.9. The van der Waals surface area contributed by atoms with Gasteiger partial charge in [-0.2, -0.15) is 10.2 Å². The summed E-state index contributed by atoms with van der Waals surface area (Å²) in [5.74, 6) is 0. The van der Waals surface area contributed by atoms with E-state index < -0.39 is 0 Å².